The predicted octanol–water partition coefficient (Wildman–Crippen LogP) is 1.78. The number of benzene rings is 1. The largest absolute Gasteiger partial charge is 0.497 e. The molecule has 124 valence electrons. The quantitative estimate of drug-likeness (QED) is 0.689. The number of rotatable bonds is 5. The van der Waals surface area contributed by atoms with E-state index < -0.39 is 5.97 Å². The maximum absolute atomic E-state index is 11.8. The van der Waals surface area contributed by atoms with Crippen molar-refractivity contribution in [2.45, 2.75) is 6.42 Å². The van der Waals surface area contributed by atoms with Gasteiger partial charge in [-0.05, 0) is 17.7 Å². The Hall–Kier alpha value is -3.16. The van der Waals surface area contributed by atoms with Gasteiger partial charge in [-0.25, -0.2) is 14.8 Å². The van der Waals surface area contributed by atoms with Crippen LogP contribution in [0.25, 0.3) is 11.0 Å². The van der Waals surface area contributed by atoms with E-state index in [2.05, 4.69) is 25.5 Å². The van der Waals surface area contributed by atoms with E-state index in [0.29, 0.717) is 29.1 Å². The number of anilines is 1. The lowest BCUT2D eigenvalue weighted by Crippen LogP contribution is -2.05. The lowest BCUT2D eigenvalue weighted by Gasteiger charge is -2.06. The van der Waals surface area contributed by atoms with Crippen molar-refractivity contribution in [1.82, 2.24) is 20.2 Å². The van der Waals surface area contributed by atoms with E-state index >= 15 is 0 Å². The maximum Gasteiger partial charge on any atom is 0.358 e. The summed E-state index contributed by atoms with van der Waals surface area (Å²) in [4.78, 5) is 20.6. The van der Waals surface area contributed by atoms with Crippen molar-refractivity contribution in [2.24, 2.45) is 0 Å². The van der Waals surface area contributed by atoms with Crippen molar-refractivity contribution in [3.8, 4) is 5.75 Å². The fourth-order valence-electron chi connectivity index (χ4n) is 2.37. The van der Waals surface area contributed by atoms with Crippen LogP contribution in [0.4, 0.5) is 5.95 Å². The lowest BCUT2D eigenvalue weighted by atomic mass is 10.1. The van der Waals surface area contributed by atoms with E-state index in [4.69, 9.17) is 9.47 Å². The number of methoxy groups -OCH3 is 2. The Labute approximate surface area is 138 Å². The monoisotopic (exact) mass is 327 g/mol. The fraction of sp³-hybridized carbons (Fsp3) is 0.250. The second kappa shape index (κ2) is 6.53. The average molecular weight is 327 g/mol. The summed E-state index contributed by atoms with van der Waals surface area (Å²) < 4.78 is 9.92. The predicted molar refractivity (Wildman–Crippen MR) is 88.4 cm³/mol. The molecule has 0 fully saturated rings. The SMILES string of the molecule is CNc1nc(Cc2ccc(OC)cc2)c2n[nH]c(C(=O)OC)c2n1. The Morgan fingerprint density at radius 1 is 1.17 bits per heavy atom. The molecule has 0 atom stereocenters. The molecule has 2 aromatic heterocycles. The molecule has 0 amide bonds. The molecule has 2 N–H and O–H groups in total. The third kappa shape index (κ3) is 2.85. The van der Waals surface area contributed by atoms with Crippen molar-refractivity contribution in [2.75, 3.05) is 26.6 Å². The second-order valence-electron chi connectivity index (χ2n) is 5.06. The fourth-order valence-corrected chi connectivity index (χ4v) is 2.37. The normalized spacial score (nSPS) is 10.6. The summed E-state index contributed by atoms with van der Waals surface area (Å²) in [6.45, 7) is 0. The van der Waals surface area contributed by atoms with Gasteiger partial charge in [0.2, 0.25) is 5.95 Å². The zero-order valence-corrected chi connectivity index (χ0v) is 13.6. The molecule has 0 saturated heterocycles. The molecule has 1 aromatic carbocycles. The van der Waals surface area contributed by atoms with Crippen LogP contribution in [0.5, 0.6) is 5.75 Å². The number of hydrogen-bond acceptors (Lipinski definition) is 7. The molecule has 24 heavy (non-hydrogen) atoms. The van der Waals surface area contributed by atoms with Crippen LogP contribution in [-0.4, -0.2) is 47.4 Å². The average Bonchev–Trinajstić information content (AvgIpc) is 3.05. The first-order chi connectivity index (χ1) is 11.7. The molecule has 2 heterocycles. The highest BCUT2D eigenvalue weighted by atomic mass is 16.5. The molecule has 3 rings (SSSR count). The molecule has 8 heteroatoms. The first-order valence-corrected chi connectivity index (χ1v) is 7.30. The van der Waals surface area contributed by atoms with Crippen LogP contribution < -0.4 is 10.1 Å². The molecule has 0 unspecified atom stereocenters. The maximum atomic E-state index is 11.8. The molecular formula is C16H17N5O3. The summed E-state index contributed by atoms with van der Waals surface area (Å²) in [6, 6.07) is 7.69. The smallest absolute Gasteiger partial charge is 0.358 e. The van der Waals surface area contributed by atoms with E-state index in [1.54, 1.807) is 14.2 Å². The van der Waals surface area contributed by atoms with Gasteiger partial charge in [-0.1, -0.05) is 12.1 Å². The number of ether oxygens (including phenoxy) is 2. The lowest BCUT2D eigenvalue weighted by molar-refractivity contribution is 0.0596. The van der Waals surface area contributed by atoms with Gasteiger partial charge in [-0.2, -0.15) is 5.10 Å². The first-order valence-electron chi connectivity index (χ1n) is 7.30. The molecule has 0 aliphatic carbocycles. The van der Waals surface area contributed by atoms with Crippen LogP contribution in [0.15, 0.2) is 24.3 Å². The van der Waals surface area contributed by atoms with Gasteiger partial charge in [0.25, 0.3) is 0 Å². The van der Waals surface area contributed by atoms with Crippen LogP contribution in [0.2, 0.25) is 0 Å². The van der Waals surface area contributed by atoms with E-state index in [-0.39, 0.29) is 5.69 Å². The number of nitrogens with zero attached hydrogens (tertiary/aromatic N) is 3. The van der Waals surface area contributed by atoms with Crippen molar-refractivity contribution in [1.29, 1.82) is 0 Å². The number of fused-ring (bicyclic) bond motifs is 1. The van der Waals surface area contributed by atoms with Crippen LogP contribution in [0.1, 0.15) is 21.7 Å². The highest BCUT2D eigenvalue weighted by Crippen LogP contribution is 2.22. The summed E-state index contributed by atoms with van der Waals surface area (Å²) in [5.74, 6) is 0.682. The third-order valence-corrected chi connectivity index (χ3v) is 3.62. The molecule has 0 bridgehead atoms. The summed E-state index contributed by atoms with van der Waals surface area (Å²) in [6.07, 6.45) is 0.545. The van der Waals surface area contributed by atoms with Crippen LogP contribution in [-0.2, 0) is 11.2 Å². The molecule has 0 aliphatic rings. The number of esters is 1. The number of carbonyl (C=O) groups is 1. The van der Waals surface area contributed by atoms with Crippen molar-refractivity contribution in [3.05, 3.63) is 41.2 Å². The highest BCUT2D eigenvalue weighted by Gasteiger charge is 2.19. The van der Waals surface area contributed by atoms with Crippen molar-refractivity contribution >= 4 is 23.0 Å². The van der Waals surface area contributed by atoms with Crippen molar-refractivity contribution in [3.63, 3.8) is 0 Å². The zero-order chi connectivity index (χ0) is 17.1. The number of carbonyl (C=O) groups excluding carboxylic acids is 1. The second-order valence-corrected chi connectivity index (χ2v) is 5.06. The Balaban J connectivity index is 2.05. The van der Waals surface area contributed by atoms with E-state index in [9.17, 15) is 4.79 Å². The van der Waals surface area contributed by atoms with Gasteiger partial charge in [-0.3, -0.25) is 5.10 Å². The summed E-state index contributed by atoms with van der Waals surface area (Å²) in [5, 5.41) is 9.78. The summed E-state index contributed by atoms with van der Waals surface area (Å²) in [5.41, 5.74) is 2.94. The van der Waals surface area contributed by atoms with Gasteiger partial charge in [0, 0.05) is 13.5 Å². The molecule has 3 aromatic rings. The van der Waals surface area contributed by atoms with Gasteiger partial charge in [0.15, 0.2) is 5.69 Å². The van der Waals surface area contributed by atoms with Gasteiger partial charge < -0.3 is 14.8 Å². The number of nitrogens with one attached hydrogen (secondary N) is 2. The van der Waals surface area contributed by atoms with Crippen LogP contribution in [0, 0.1) is 0 Å². The Kier molecular flexibility index (Phi) is 4.28. The number of hydrogen-bond donors (Lipinski definition) is 2. The highest BCUT2D eigenvalue weighted by molar-refractivity contribution is 6.00. The van der Waals surface area contributed by atoms with Crippen LogP contribution >= 0.6 is 0 Å². The zero-order valence-electron chi connectivity index (χ0n) is 13.6. The topological polar surface area (TPSA) is 102 Å². The minimum Gasteiger partial charge on any atom is -0.497 e. The molecule has 8 nitrogen and oxygen atoms in total. The van der Waals surface area contributed by atoms with E-state index in [1.807, 2.05) is 24.3 Å². The van der Waals surface area contributed by atoms with Gasteiger partial charge in [0.05, 0.1) is 19.9 Å². The van der Waals surface area contributed by atoms with Gasteiger partial charge in [-0.15, -0.1) is 0 Å². The van der Waals surface area contributed by atoms with Gasteiger partial charge >= 0.3 is 5.97 Å². The minimum atomic E-state index is -0.520. The number of H-pyrrole nitrogens is 1. The molecular weight excluding hydrogens is 310 g/mol. The molecule has 0 spiro atoms. The first kappa shape index (κ1) is 15.7. The Bertz CT molecular complexity index is 873. The molecule has 0 aliphatic heterocycles. The number of aromatic amines is 1. The van der Waals surface area contributed by atoms with Crippen molar-refractivity contribution < 1.29 is 14.3 Å². The standard InChI is InChI=1S/C16H17N5O3/c1-17-16-18-11(8-9-4-6-10(23-2)7-5-9)12-13(19-16)14(21-20-12)15(22)24-3/h4-7H,8H2,1-3H3,(H,20,21)(H,17,18,19). The molecule has 0 radical (unpaired) electrons. The van der Waals surface area contributed by atoms with E-state index in [0.717, 1.165) is 11.3 Å². The summed E-state index contributed by atoms with van der Waals surface area (Å²) >= 11 is 0. The number of aromatic nitrogens is 4. The Morgan fingerprint density at radius 3 is 2.54 bits per heavy atom. The summed E-state index contributed by atoms with van der Waals surface area (Å²) in [7, 11) is 4.66. The third-order valence-electron chi connectivity index (χ3n) is 3.62. The van der Waals surface area contributed by atoms with Gasteiger partial charge in [0.1, 0.15) is 16.8 Å². The minimum absolute atomic E-state index is 0.211. The molecule has 0 saturated carbocycles. The Morgan fingerprint density at radius 2 is 1.92 bits per heavy atom. The van der Waals surface area contributed by atoms with E-state index in [1.165, 1.54) is 7.11 Å². The van der Waals surface area contributed by atoms with Crippen LogP contribution in [0.3, 0.4) is 0 Å².